The molecule has 0 radical (unpaired) electrons. The van der Waals surface area contributed by atoms with Gasteiger partial charge in [0.05, 0.1) is 11.6 Å². The molecule has 54 heavy (non-hydrogen) atoms. The van der Waals surface area contributed by atoms with Crippen LogP contribution < -0.4 is 14.2 Å². The maximum Gasteiger partial charge on any atom is 0.203 e. The Labute approximate surface area is 319 Å². The molecule has 7 rings (SSSR count). The largest absolute Gasteiger partial charge is 0.485 e. The number of hydrogen-bond acceptors (Lipinski definition) is 6. The minimum Gasteiger partial charge on any atom is -0.485 e. The van der Waals surface area contributed by atoms with E-state index >= 15 is 0 Å². The van der Waals surface area contributed by atoms with Crippen molar-refractivity contribution in [2.75, 3.05) is 6.54 Å². The zero-order chi connectivity index (χ0) is 37.1. The SMILES string of the molecule is C=CC1CN(Cc2cc(OCc3ccccc3)c(OCc3ccccc3)c(OCc3ccccc3)c2)C([C@H](O)c2ccnc3ccccc23)CC1CCC. The van der Waals surface area contributed by atoms with Crippen LogP contribution in [0.3, 0.4) is 0 Å². The van der Waals surface area contributed by atoms with Gasteiger partial charge in [-0.25, -0.2) is 0 Å². The Hall–Kier alpha value is -5.43. The third-order valence-electron chi connectivity index (χ3n) is 10.6. The van der Waals surface area contributed by atoms with Gasteiger partial charge in [-0.15, -0.1) is 6.58 Å². The van der Waals surface area contributed by atoms with E-state index in [1.54, 1.807) is 0 Å². The van der Waals surface area contributed by atoms with Gasteiger partial charge in [-0.1, -0.05) is 135 Å². The molecule has 5 aromatic carbocycles. The van der Waals surface area contributed by atoms with E-state index in [0.29, 0.717) is 55.4 Å². The number of aromatic nitrogens is 1. The topological polar surface area (TPSA) is 64.1 Å². The first-order valence-electron chi connectivity index (χ1n) is 19.1. The Bertz CT molecular complexity index is 2020. The molecule has 1 fully saturated rings. The number of likely N-dealkylation sites (tertiary alicyclic amines) is 1. The summed E-state index contributed by atoms with van der Waals surface area (Å²) in [5.41, 5.74) is 5.98. The molecule has 1 aliphatic heterocycles. The molecule has 6 nitrogen and oxygen atoms in total. The quantitative estimate of drug-likeness (QED) is 0.101. The van der Waals surface area contributed by atoms with Crippen LogP contribution in [0.25, 0.3) is 10.9 Å². The molecule has 0 spiro atoms. The van der Waals surface area contributed by atoms with Crippen LogP contribution >= 0.6 is 0 Å². The highest BCUT2D eigenvalue weighted by Crippen LogP contribution is 2.43. The number of rotatable bonds is 16. The molecule has 0 amide bonds. The summed E-state index contributed by atoms with van der Waals surface area (Å²) in [6.45, 7) is 8.99. The summed E-state index contributed by atoms with van der Waals surface area (Å²) in [7, 11) is 0. The van der Waals surface area contributed by atoms with Gasteiger partial charge in [-0.05, 0) is 70.3 Å². The minimum atomic E-state index is -0.709. The number of aliphatic hydroxyl groups excluding tert-OH is 1. The molecule has 6 aromatic rings. The molecule has 1 saturated heterocycles. The molecule has 276 valence electrons. The van der Waals surface area contributed by atoms with Crippen molar-refractivity contribution in [2.45, 2.75) is 64.7 Å². The minimum absolute atomic E-state index is 0.125. The lowest BCUT2D eigenvalue weighted by molar-refractivity contribution is -0.0131. The number of piperidine rings is 1. The highest BCUT2D eigenvalue weighted by atomic mass is 16.5. The summed E-state index contributed by atoms with van der Waals surface area (Å²) >= 11 is 0. The van der Waals surface area contributed by atoms with E-state index in [9.17, 15) is 5.11 Å². The number of nitrogens with zero attached hydrogens (tertiary/aromatic N) is 2. The Morgan fingerprint density at radius 3 is 1.87 bits per heavy atom. The molecule has 1 aliphatic rings. The number of benzene rings is 5. The number of fused-ring (bicyclic) bond motifs is 1. The van der Waals surface area contributed by atoms with Crippen molar-refractivity contribution in [2.24, 2.45) is 11.8 Å². The van der Waals surface area contributed by atoms with Crippen molar-refractivity contribution in [3.63, 3.8) is 0 Å². The lowest BCUT2D eigenvalue weighted by Gasteiger charge is -2.45. The number of hydrogen-bond donors (Lipinski definition) is 1. The second-order valence-corrected chi connectivity index (χ2v) is 14.3. The van der Waals surface area contributed by atoms with Gasteiger partial charge in [0.15, 0.2) is 11.5 Å². The number of ether oxygens (including phenoxy) is 3. The molecular formula is C48H50N2O4. The van der Waals surface area contributed by atoms with Crippen molar-refractivity contribution in [1.29, 1.82) is 0 Å². The summed E-state index contributed by atoms with van der Waals surface area (Å²) in [5, 5.41) is 13.3. The molecule has 0 aliphatic carbocycles. The summed E-state index contributed by atoms with van der Waals surface area (Å²) in [5.74, 6) is 2.54. The zero-order valence-electron chi connectivity index (χ0n) is 31.1. The van der Waals surface area contributed by atoms with E-state index in [2.05, 4.69) is 84.1 Å². The lowest BCUT2D eigenvalue weighted by atomic mass is 9.76. The molecule has 2 heterocycles. The first-order chi connectivity index (χ1) is 26.6. The Morgan fingerprint density at radius 2 is 1.30 bits per heavy atom. The third-order valence-corrected chi connectivity index (χ3v) is 10.6. The van der Waals surface area contributed by atoms with Crippen molar-refractivity contribution in [3.8, 4) is 17.2 Å². The van der Waals surface area contributed by atoms with Gasteiger partial charge in [0.1, 0.15) is 19.8 Å². The fourth-order valence-corrected chi connectivity index (χ4v) is 7.77. The fourth-order valence-electron chi connectivity index (χ4n) is 7.77. The summed E-state index contributed by atoms with van der Waals surface area (Å²) in [6.07, 6.45) is 6.25. The van der Waals surface area contributed by atoms with Gasteiger partial charge in [-0.2, -0.15) is 0 Å². The van der Waals surface area contributed by atoms with Crippen LogP contribution in [0, 0.1) is 11.8 Å². The first-order valence-corrected chi connectivity index (χ1v) is 19.1. The van der Waals surface area contributed by atoms with E-state index in [-0.39, 0.29) is 6.04 Å². The monoisotopic (exact) mass is 718 g/mol. The van der Waals surface area contributed by atoms with Gasteiger partial charge in [0.25, 0.3) is 0 Å². The fraction of sp³-hybridized carbons (Fsp3) is 0.271. The van der Waals surface area contributed by atoms with E-state index in [4.69, 9.17) is 14.2 Å². The summed E-state index contributed by atoms with van der Waals surface area (Å²) < 4.78 is 19.8. The van der Waals surface area contributed by atoms with E-state index < -0.39 is 6.10 Å². The Kier molecular flexibility index (Phi) is 12.3. The van der Waals surface area contributed by atoms with Gasteiger partial charge in [0.2, 0.25) is 5.75 Å². The molecule has 3 unspecified atom stereocenters. The zero-order valence-corrected chi connectivity index (χ0v) is 31.1. The smallest absolute Gasteiger partial charge is 0.203 e. The molecule has 6 heteroatoms. The maximum atomic E-state index is 12.3. The summed E-state index contributed by atoms with van der Waals surface area (Å²) in [4.78, 5) is 7.02. The van der Waals surface area contributed by atoms with Crippen molar-refractivity contribution >= 4 is 10.9 Å². The average Bonchev–Trinajstić information content (AvgIpc) is 3.22. The van der Waals surface area contributed by atoms with Crippen LogP contribution in [0.15, 0.2) is 152 Å². The molecule has 0 saturated carbocycles. The van der Waals surface area contributed by atoms with Crippen LogP contribution in [0.4, 0.5) is 0 Å². The molecule has 0 bridgehead atoms. The van der Waals surface area contributed by atoms with Crippen LogP contribution in [-0.4, -0.2) is 27.6 Å². The molecule has 1 aromatic heterocycles. The number of aliphatic hydroxyl groups is 1. The van der Waals surface area contributed by atoms with Crippen LogP contribution in [0.2, 0.25) is 0 Å². The van der Waals surface area contributed by atoms with Crippen molar-refractivity contribution in [3.05, 3.63) is 180 Å². The van der Waals surface area contributed by atoms with Crippen molar-refractivity contribution in [1.82, 2.24) is 9.88 Å². The molecule has 4 atom stereocenters. The normalized spacial score (nSPS) is 17.9. The Balaban J connectivity index is 1.27. The lowest BCUT2D eigenvalue weighted by Crippen LogP contribution is -2.49. The second-order valence-electron chi connectivity index (χ2n) is 14.3. The molecule has 1 N–H and O–H groups in total. The summed E-state index contributed by atoms with van der Waals surface area (Å²) in [6, 6.07) is 44.6. The third kappa shape index (κ3) is 9.02. The van der Waals surface area contributed by atoms with Gasteiger partial charge in [0, 0.05) is 30.7 Å². The Morgan fingerprint density at radius 1 is 0.741 bits per heavy atom. The standard InChI is InChI=1S/C48H50N2O4/c1-3-16-40-29-44(47(51)42-25-26-49-43-24-15-14-23-41(42)43)50(31-39(40)4-2)30-38-27-45(52-32-35-17-8-5-9-18-35)48(54-34-37-21-12-7-13-22-37)46(28-38)53-33-36-19-10-6-11-20-36/h4-15,17-28,39-40,44,47,51H,2-3,16,29-34H2,1H3/t39?,40?,44?,47-/m1/s1. The predicted octanol–water partition coefficient (Wildman–Crippen LogP) is 10.5. The van der Waals surface area contributed by atoms with E-state index in [1.165, 1.54) is 0 Å². The predicted molar refractivity (Wildman–Crippen MR) is 216 cm³/mol. The first kappa shape index (κ1) is 36.9. The van der Waals surface area contributed by atoms with E-state index in [1.807, 2.05) is 85.1 Å². The van der Waals surface area contributed by atoms with Crippen molar-refractivity contribution < 1.29 is 19.3 Å². The maximum absolute atomic E-state index is 12.3. The van der Waals surface area contributed by atoms with Gasteiger partial charge >= 0.3 is 0 Å². The second kappa shape index (κ2) is 18.1. The van der Waals surface area contributed by atoms with Gasteiger partial charge in [-0.3, -0.25) is 9.88 Å². The number of para-hydroxylation sites is 1. The molecular weight excluding hydrogens is 669 g/mol. The van der Waals surface area contributed by atoms with Gasteiger partial charge < -0.3 is 19.3 Å². The highest BCUT2D eigenvalue weighted by molar-refractivity contribution is 5.82. The van der Waals surface area contributed by atoms with Crippen LogP contribution in [-0.2, 0) is 26.4 Å². The van der Waals surface area contributed by atoms with Crippen LogP contribution in [0.1, 0.15) is 60.1 Å². The van der Waals surface area contributed by atoms with Crippen LogP contribution in [0.5, 0.6) is 17.2 Å². The average molecular weight is 719 g/mol. The number of pyridine rings is 1. The van der Waals surface area contributed by atoms with E-state index in [0.717, 1.165) is 64.5 Å². The highest BCUT2D eigenvalue weighted by Gasteiger charge is 2.38.